The summed E-state index contributed by atoms with van der Waals surface area (Å²) < 4.78 is 27.4. The summed E-state index contributed by atoms with van der Waals surface area (Å²) in [6, 6.07) is 6.71. The number of sulfonamides is 1. The first-order chi connectivity index (χ1) is 8.55. The molecule has 0 aromatic carbocycles. The van der Waals surface area contributed by atoms with Gasteiger partial charge in [0.05, 0.1) is 9.47 Å². The summed E-state index contributed by atoms with van der Waals surface area (Å²) in [5.74, 6) is 0. The highest BCUT2D eigenvalue weighted by Gasteiger charge is 2.25. The molecule has 0 aliphatic rings. The second-order valence-electron chi connectivity index (χ2n) is 3.43. The van der Waals surface area contributed by atoms with Gasteiger partial charge in [-0.15, -0.1) is 11.3 Å². The van der Waals surface area contributed by atoms with E-state index in [2.05, 4.69) is 20.9 Å². The van der Waals surface area contributed by atoms with Gasteiger partial charge in [-0.25, -0.2) is 8.42 Å². The fourth-order valence-electron chi connectivity index (χ4n) is 1.55. The van der Waals surface area contributed by atoms with E-state index in [0.29, 0.717) is 16.4 Å². The maximum Gasteiger partial charge on any atom is 0.273 e. The molecule has 0 spiro atoms. The Hall–Kier alpha value is -0.920. The topological polar surface area (TPSA) is 50.3 Å². The van der Waals surface area contributed by atoms with Crippen molar-refractivity contribution in [2.75, 3.05) is 10.8 Å². The van der Waals surface area contributed by atoms with Crippen LogP contribution in [0.5, 0.6) is 0 Å². The van der Waals surface area contributed by atoms with Gasteiger partial charge in [0, 0.05) is 18.9 Å². The van der Waals surface area contributed by atoms with Crippen molar-refractivity contribution < 1.29 is 8.42 Å². The van der Waals surface area contributed by atoms with Crippen molar-refractivity contribution in [3.05, 3.63) is 40.4 Å². The van der Waals surface area contributed by atoms with Gasteiger partial charge >= 0.3 is 0 Å². The molecule has 0 saturated carbocycles. The molecule has 2 rings (SSSR count). The molecule has 0 amide bonds. The zero-order valence-corrected chi connectivity index (χ0v) is 12.8. The van der Waals surface area contributed by atoms with E-state index in [4.69, 9.17) is 0 Å². The van der Waals surface area contributed by atoms with Crippen molar-refractivity contribution in [3.8, 4) is 0 Å². The van der Waals surface area contributed by atoms with Crippen molar-refractivity contribution >= 4 is 43.0 Å². The fourth-order valence-corrected chi connectivity index (χ4v) is 5.14. The van der Waals surface area contributed by atoms with E-state index in [1.54, 1.807) is 43.6 Å². The van der Waals surface area contributed by atoms with Crippen molar-refractivity contribution in [2.24, 2.45) is 0 Å². The Bertz CT molecular complexity index is 626. The van der Waals surface area contributed by atoms with Crippen LogP contribution in [0.2, 0.25) is 0 Å². The Kier molecular flexibility index (Phi) is 4.04. The van der Waals surface area contributed by atoms with E-state index >= 15 is 0 Å². The third kappa shape index (κ3) is 2.57. The Balaban J connectivity index is 2.45. The summed E-state index contributed by atoms with van der Waals surface area (Å²) in [7, 11) is -3.49. The molecule has 0 unspecified atom stereocenters. The lowest BCUT2D eigenvalue weighted by atomic mass is 10.4. The van der Waals surface area contributed by atoms with Crippen LogP contribution in [-0.4, -0.2) is 19.9 Å². The molecular formula is C11H11BrN2O2S2. The second-order valence-corrected chi connectivity index (χ2v) is 7.99. The number of pyridine rings is 1. The minimum absolute atomic E-state index is 0.327. The second kappa shape index (κ2) is 5.38. The smallest absolute Gasteiger partial charge is 0.266 e. The van der Waals surface area contributed by atoms with Gasteiger partial charge in [0.1, 0.15) is 4.21 Å². The Morgan fingerprint density at radius 3 is 2.44 bits per heavy atom. The number of aromatic nitrogens is 1. The molecule has 4 nitrogen and oxygen atoms in total. The van der Waals surface area contributed by atoms with Crippen molar-refractivity contribution in [2.45, 2.75) is 11.1 Å². The van der Waals surface area contributed by atoms with E-state index in [-0.39, 0.29) is 0 Å². The number of anilines is 1. The van der Waals surface area contributed by atoms with E-state index in [0.717, 1.165) is 3.79 Å². The maximum atomic E-state index is 12.5. The normalized spacial score (nSPS) is 11.4. The molecule has 0 saturated heterocycles. The van der Waals surface area contributed by atoms with Gasteiger partial charge < -0.3 is 0 Å². The van der Waals surface area contributed by atoms with Gasteiger partial charge in [0.2, 0.25) is 0 Å². The maximum absolute atomic E-state index is 12.5. The third-order valence-corrected chi connectivity index (χ3v) is 6.32. The van der Waals surface area contributed by atoms with Crippen molar-refractivity contribution in [3.63, 3.8) is 0 Å². The lowest BCUT2D eigenvalue weighted by Crippen LogP contribution is -2.30. The first kappa shape index (κ1) is 13.5. The lowest BCUT2D eigenvalue weighted by molar-refractivity contribution is 0.594. The van der Waals surface area contributed by atoms with Crippen LogP contribution in [0.4, 0.5) is 5.69 Å². The largest absolute Gasteiger partial charge is 0.273 e. The molecule has 2 aromatic heterocycles. The summed E-state index contributed by atoms with van der Waals surface area (Å²) >= 11 is 4.48. The molecule has 0 N–H and O–H groups in total. The molecule has 0 atom stereocenters. The zero-order chi connectivity index (χ0) is 13.2. The summed E-state index contributed by atoms with van der Waals surface area (Å²) in [5.41, 5.74) is 0.622. The number of nitrogens with zero attached hydrogens (tertiary/aromatic N) is 2. The molecule has 0 bridgehead atoms. The van der Waals surface area contributed by atoms with Gasteiger partial charge in [-0.3, -0.25) is 9.29 Å². The number of halogens is 1. The highest BCUT2D eigenvalue weighted by molar-refractivity contribution is 9.11. The van der Waals surface area contributed by atoms with Gasteiger partial charge in [0.15, 0.2) is 0 Å². The van der Waals surface area contributed by atoms with Gasteiger partial charge in [0.25, 0.3) is 10.0 Å². The van der Waals surface area contributed by atoms with Crippen LogP contribution in [0, 0.1) is 0 Å². The predicted molar refractivity (Wildman–Crippen MR) is 76.5 cm³/mol. The first-order valence-corrected chi connectivity index (χ1v) is 8.28. The molecule has 0 aliphatic carbocycles. The number of rotatable bonds is 4. The van der Waals surface area contributed by atoms with E-state index in [1.165, 1.54) is 15.6 Å². The van der Waals surface area contributed by atoms with Crippen LogP contribution in [-0.2, 0) is 10.0 Å². The van der Waals surface area contributed by atoms with Crippen LogP contribution >= 0.6 is 27.3 Å². The third-order valence-electron chi connectivity index (χ3n) is 2.33. The van der Waals surface area contributed by atoms with Crippen LogP contribution in [0.1, 0.15) is 6.92 Å². The molecule has 0 aliphatic heterocycles. The molecule has 2 aromatic rings. The monoisotopic (exact) mass is 346 g/mol. The summed E-state index contributed by atoms with van der Waals surface area (Å²) in [6.07, 6.45) is 3.16. The highest BCUT2D eigenvalue weighted by atomic mass is 79.9. The Morgan fingerprint density at radius 2 is 1.94 bits per heavy atom. The van der Waals surface area contributed by atoms with Crippen LogP contribution < -0.4 is 4.31 Å². The summed E-state index contributed by atoms with van der Waals surface area (Å²) in [4.78, 5) is 3.89. The average molecular weight is 347 g/mol. The van der Waals surface area contributed by atoms with Crippen molar-refractivity contribution in [1.82, 2.24) is 4.98 Å². The quantitative estimate of drug-likeness (QED) is 0.854. The molecular weight excluding hydrogens is 336 g/mol. The first-order valence-electron chi connectivity index (χ1n) is 5.24. The lowest BCUT2D eigenvalue weighted by Gasteiger charge is -2.21. The van der Waals surface area contributed by atoms with Gasteiger partial charge in [-0.2, -0.15) is 0 Å². The van der Waals surface area contributed by atoms with Gasteiger partial charge in [-0.05, 0) is 47.1 Å². The van der Waals surface area contributed by atoms with E-state index < -0.39 is 10.0 Å². The minimum atomic E-state index is -3.49. The zero-order valence-electron chi connectivity index (χ0n) is 9.58. The number of hydrogen-bond acceptors (Lipinski definition) is 4. The molecule has 7 heteroatoms. The summed E-state index contributed by atoms with van der Waals surface area (Å²) in [5, 5.41) is 0. The highest BCUT2D eigenvalue weighted by Crippen LogP contribution is 2.30. The standard InChI is InChI=1S/C11H11BrN2O2S2/c1-2-14(9-5-7-13-8-6-9)18(15,16)11-4-3-10(12)17-11/h3-8H,2H2,1H3. The van der Waals surface area contributed by atoms with Crippen LogP contribution in [0.25, 0.3) is 0 Å². The Labute approximate surface area is 118 Å². The van der Waals surface area contributed by atoms with Crippen LogP contribution in [0.15, 0.2) is 44.7 Å². The predicted octanol–water partition coefficient (Wildman–Crippen LogP) is 3.12. The number of hydrogen-bond donors (Lipinski definition) is 0. The molecule has 96 valence electrons. The average Bonchev–Trinajstić information content (AvgIpc) is 2.78. The van der Waals surface area contributed by atoms with Crippen LogP contribution in [0.3, 0.4) is 0 Å². The fraction of sp³-hybridized carbons (Fsp3) is 0.182. The number of thiophene rings is 1. The molecule has 18 heavy (non-hydrogen) atoms. The summed E-state index contributed by atoms with van der Waals surface area (Å²) in [6.45, 7) is 2.18. The molecule has 2 heterocycles. The Morgan fingerprint density at radius 1 is 1.28 bits per heavy atom. The SMILES string of the molecule is CCN(c1ccncc1)S(=O)(=O)c1ccc(Br)s1. The minimum Gasteiger partial charge on any atom is -0.266 e. The molecule has 0 fully saturated rings. The van der Waals surface area contributed by atoms with Gasteiger partial charge in [-0.1, -0.05) is 0 Å². The van der Waals surface area contributed by atoms with E-state index in [1.807, 2.05) is 0 Å². The van der Waals surface area contributed by atoms with Crippen molar-refractivity contribution in [1.29, 1.82) is 0 Å². The van der Waals surface area contributed by atoms with E-state index in [9.17, 15) is 8.42 Å². The molecule has 0 radical (unpaired) electrons.